The number of ether oxygens (including phenoxy) is 2. The first-order chi connectivity index (χ1) is 14.6. The van der Waals surface area contributed by atoms with Gasteiger partial charge in [0.25, 0.3) is 0 Å². The predicted octanol–water partition coefficient (Wildman–Crippen LogP) is 3.65. The Kier molecular flexibility index (Phi) is 5.88. The SMILES string of the molecule is Cc1nn(-c2ccccc2)c(C)c1CNC(=O)NCc1ccc2c(c1)OCCCO2. The largest absolute Gasteiger partial charge is 0.490 e. The Bertz CT molecular complexity index is 1030. The third-order valence-electron chi connectivity index (χ3n) is 5.13. The fourth-order valence-corrected chi connectivity index (χ4v) is 3.48. The molecule has 2 aromatic carbocycles. The van der Waals surface area contributed by atoms with E-state index >= 15 is 0 Å². The van der Waals surface area contributed by atoms with Crippen molar-refractivity contribution >= 4 is 6.03 Å². The minimum Gasteiger partial charge on any atom is -0.490 e. The van der Waals surface area contributed by atoms with Crippen LogP contribution in [0.2, 0.25) is 0 Å². The number of rotatable bonds is 5. The first-order valence-electron chi connectivity index (χ1n) is 10.1. The Morgan fingerprint density at radius 1 is 1.00 bits per heavy atom. The van der Waals surface area contributed by atoms with E-state index < -0.39 is 0 Å². The van der Waals surface area contributed by atoms with Gasteiger partial charge >= 0.3 is 6.03 Å². The van der Waals surface area contributed by atoms with Crippen molar-refractivity contribution in [2.24, 2.45) is 0 Å². The number of carbonyl (C=O) groups is 1. The molecule has 156 valence electrons. The average Bonchev–Trinajstić information content (AvgIpc) is 2.92. The van der Waals surface area contributed by atoms with Crippen molar-refractivity contribution in [3.8, 4) is 17.2 Å². The quantitative estimate of drug-likeness (QED) is 0.678. The van der Waals surface area contributed by atoms with Gasteiger partial charge in [-0.25, -0.2) is 9.48 Å². The van der Waals surface area contributed by atoms with Crippen LogP contribution in [0.3, 0.4) is 0 Å². The summed E-state index contributed by atoms with van der Waals surface area (Å²) in [5.74, 6) is 1.48. The smallest absolute Gasteiger partial charge is 0.315 e. The monoisotopic (exact) mass is 406 g/mol. The molecule has 0 radical (unpaired) electrons. The van der Waals surface area contributed by atoms with Crippen LogP contribution in [0.4, 0.5) is 4.79 Å². The second kappa shape index (κ2) is 8.90. The molecule has 0 atom stereocenters. The third kappa shape index (κ3) is 4.40. The summed E-state index contributed by atoms with van der Waals surface area (Å²) in [5.41, 5.74) is 4.90. The second-order valence-electron chi connectivity index (χ2n) is 7.26. The molecule has 4 rings (SSSR count). The zero-order chi connectivity index (χ0) is 20.9. The Morgan fingerprint density at radius 3 is 2.53 bits per heavy atom. The van der Waals surface area contributed by atoms with Crippen LogP contribution in [0.1, 0.15) is 28.9 Å². The van der Waals surface area contributed by atoms with Crippen LogP contribution >= 0.6 is 0 Å². The molecule has 0 saturated heterocycles. The number of urea groups is 1. The first-order valence-corrected chi connectivity index (χ1v) is 10.1. The van der Waals surface area contributed by atoms with E-state index in [-0.39, 0.29) is 6.03 Å². The van der Waals surface area contributed by atoms with E-state index in [1.165, 1.54) is 0 Å². The highest BCUT2D eigenvalue weighted by molar-refractivity contribution is 5.74. The van der Waals surface area contributed by atoms with Crippen LogP contribution in [0, 0.1) is 13.8 Å². The van der Waals surface area contributed by atoms with Crippen molar-refractivity contribution in [2.75, 3.05) is 13.2 Å². The fraction of sp³-hybridized carbons (Fsp3) is 0.304. The standard InChI is InChI=1S/C23H26N4O3/c1-16-20(17(2)27(26-16)19-7-4-3-5-8-19)15-25-23(28)24-14-18-9-10-21-22(13-18)30-12-6-11-29-21/h3-5,7-10,13H,6,11-12,14-15H2,1-2H3,(H2,24,25,28). The normalized spacial score (nSPS) is 12.9. The molecule has 1 aliphatic heterocycles. The number of benzene rings is 2. The molecule has 7 heteroatoms. The molecule has 7 nitrogen and oxygen atoms in total. The Balaban J connectivity index is 1.34. The molecule has 1 aromatic heterocycles. The van der Waals surface area contributed by atoms with E-state index in [1.807, 2.05) is 67.1 Å². The summed E-state index contributed by atoms with van der Waals surface area (Å²) in [6.07, 6.45) is 0.865. The third-order valence-corrected chi connectivity index (χ3v) is 5.13. The van der Waals surface area contributed by atoms with Crippen molar-refractivity contribution in [1.29, 1.82) is 0 Å². The highest BCUT2D eigenvalue weighted by Gasteiger charge is 2.14. The number of nitrogens with one attached hydrogen (secondary N) is 2. The van der Waals surface area contributed by atoms with E-state index in [0.29, 0.717) is 26.3 Å². The van der Waals surface area contributed by atoms with Gasteiger partial charge in [0.05, 0.1) is 24.6 Å². The summed E-state index contributed by atoms with van der Waals surface area (Å²) in [6.45, 7) is 6.09. The number of hydrogen-bond acceptors (Lipinski definition) is 4. The van der Waals surface area contributed by atoms with E-state index in [0.717, 1.165) is 46.1 Å². The van der Waals surface area contributed by atoms with Crippen molar-refractivity contribution in [3.63, 3.8) is 0 Å². The lowest BCUT2D eigenvalue weighted by Gasteiger charge is -2.11. The van der Waals surface area contributed by atoms with Crippen LogP contribution in [-0.2, 0) is 13.1 Å². The van der Waals surface area contributed by atoms with Crippen LogP contribution in [0.5, 0.6) is 11.5 Å². The molecule has 30 heavy (non-hydrogen) atoms. The molecule has 0 bridgehead atoms. The number of aryl methyl sites for hydroxylation is 1. The van der Waals surface area contributed by atoms with Crippen molar-refractivity contribution in [1.82, 2.24) is 20.4 Å². The molecule has 0 spiro atoms. The molecule has 2 heterocycles. The van der Waals surface area contributed by atoms with E-state index in [4.69, 9.17) is 9.47 Å². The van der Waals surface area contributed by atoms with E-state index in [2.05, 4.69) is 15.7 Å². The molecule has 3 aromatic rings. The minimum absolute atomic E-state index is 0.228. The van der Waals surface area contributed by atoms with Gasteiger partial charge in [-0.3, -0.25) is 0 Å². The highest BCUT2D eigenvalue weighted by atomic mass is 16.5. The van der Waals surface area contributed by atoms with Crippen LogP contribution in [0.15, 0.2) is 48.5 Å². The zero-order valence-electron chi connectivity index (χ0n) is 17.3. The lowest BCUT2D eigenvalue weighted by molar-refractivity contribution is 0.240. The summed E-state index contributed by atoms with van der Waals surface area (Å²) < 4.78 is 13.2. The highest BCUT2D eigenvalue weighted by Crippen LogP contribution is 2.30. The molecular weight excluding hydrogens is 380 g/mol. The lowest BCUT2D eigenvalue weighted by Crippen LogP contribution is -2.34. The summed E-state index contributed by atoms with van der Waals surface area (Å²) in [5, 5.41) is 10.4. The van der Waals surface area contributed by atoms with Crippen molar-refractivity contribution in [2.45, 2.75) is 33.4 Å². The van der Waals surface area contributed by atoms with Crippen LogP contribution < -0.4 is 20.1 Å². The van der Waals surface area contributed by atoms with Gasteiger partial charge in [0.1, 0.15) is 0 Å². The minimum atomic E-state index is -0.228. The number of amides is 2. The number of aromatic nitrogens is 2. The summed E-state index contributed by atoms with van der Waals surface area (Å²) in [6, 6.07) is 15.5. The number of carbonyl (C=O) groups excluding carboxylic acids is 1. The molecular formula is C23H26N4O3. The number of para-hydroxylation sites is 1. The maximum absolute atomic E-state index is 12.3. The molecule has 0 unspecified atom stereocenters. The average molecular weight is 406 g/mol. The molecule has 0 aliphatic carbocycles. The number of fused-ring (bicyclic) bond motifs is 1. The number of hydrogen-bond donors (Lipinski definition) is 2. The Labute approximate surface area is 176 Å². The van der Waals surface area contributed by atoms with Crippen LogP contribution in [-0.4, -0.2) is 29.0 Å². The van der Waals surface area contributed by atoms with Gasteiger partial charge < -0.3 is 20.1 Å². The fourth-order valence-electron chi connectivity index (χ4n) is 3.48. The Hall–Kier alpha value is -3.48. The van der Waals surface area contributed by atoms with Crippen molar-refractivity contribution in [3.05, 3.63) is 71.0 Å². The Morgan fingerprint density at radius 2 is 1.73 bits per heavy atom. The van der Waals surface area contributed by atoms with Crippen molar-refractivity contribution < 1.29 is 14.3 Å². The predicted molar refractivity (Wildman–Crippen MR) is 114 cm³/mol. The number of nitrogens with zero attached hydrogens (tertiary/aromatic N) is 2. The molecule has 1 aliphatic rings. The van der Waals surface area contributed by atoms with Gasteiger partial charge in [-0.1, -0.05) is 24.3 Å². The summed E-state index contributed by atoms with van der Waals surface area (Å²) >= 11 is 0. The lowest BCUT2D eigenvalue weighted by atomic mass is 10.2. The van der Waals surface area contributed by atoms with Crippen LogP contribution in [0.25, 0.3) is 5.69 Å². The molecule has 2 N–H and O–H groups in total. The topological polar surface area (TPSA) is 77.4 Å². The summed E-state index contributed by atoms with van der Waals surface area (Å²) in [7, 11) is 0. The van der Waals surface area contributed by atoms with Gasteiger partial charge in [0, 0.05) is 30.8 Å². The van der Waals surface area contributed by atoms with Gasteiger partial charge in [0.15, 0.2) is 11.5 Å². The van der Waals surface area contributed by atoms with Gasteiger partial charge in [0.2, 0.25) is 0 Å². The van der Waals surface area contributed by atoms with Gasteiger partial charge in [-0.15, -0.1) is 0 Å². The first kappa shape index (κ1) is 19.8. The van der Waals surface area contributed by atoms with E-state index in [9.17, 15) is 4.79 Å². The molecule has 0 fully saturated rings. The summed E-state index contributed by atoms with van der Waals surface area (Å²) in [4.78, 5) is 12.3. The second-order valence-corrected chi connectivity index (χ2v) is 7.26. The van der Waals surface area contributed by atoms with Gasteiger partial charge in [-0.05, 0) is 43.7 Å². The zero-order valence-corrected chi connectivity index (χ0v) is 17.3. The van der Waals surface area contributed by atoms with E-state index in [1.54, 1.807) is 0 Å². The molecule has 0 saturated carbocycles. The maximum Gasteiger partial charge on any atom is 0.315 e. The van der Waals surface area contributed by atoms with Gasteiger partial charge in [-0.2, -0.15) is 5.10 Å². The molecule has 2 amide bonds. The maximum atomic E-state index is 12.3.